The summed E-state index contributed by atoms with van der Waals surface area (Å²) in [5.74, 6) is -0.907. The molecule has 10 heteroatoms. The van der Waals surface area contributed by atoms with Crippen LogP contribution in [0.4, 0.5) is 17.2 Å². The number of nitrogen functional groups attached to an aromatic ring is 1. The Morgan fingerprint density at radius 1 is 1.13 bits per heavy atom. The van der Waals surface area contributed by atoms with Crippen LogP contribution in [0.3, 0.4) is 0 Å². The summed E-state index contributed by atoms with van der Waals surface area (Å²) >= 11 is 6.82. The van der Waals surface area contributed by atoms with E-state index in [0.29, 0.717) is 16.3 Å². The SMILES string of the molecule is Cc1ccccc1NC(=O)CSc1nc(N)c(NC(=O)c2ccc(Cl)cc2)c(=O)[nH]1. The number of benzene rings is 2. The first kappa shape index (κ1) is 21.4. The number of aromatic nitrogens is 2. The fourth-order valence-corrected chi connectivity index (χ4v) is 3.27. The summed E-state index contributed by atoms with van der Waals surface area (Å²) in [5, 5.41) is 5.89. The molecule has 0 saturated heterocycles. The normalized spacial score (nSPS) is 10.5. The van der Waals surface area contributed by atoms with Gasteiger partial charge < -0.3 is 16.4 Å². The molecule has 0 saturated carbocycles. The van der Waals surface area contributed by atoms with Gasteiger partial charge in [0.15, 0.2) is 11.0 Å². The first-order valence-electron chi connectivity index (χ1n) is 8.78. The molecule has 3 rings (SSSR count). The predicted molar refractivity (Wildman–Crippen MR) is 119 cm³/mol. The van der Waals surface area contributed by atoms with E-state index >= 15 is 0 Å². The molecule has 2 aromatic carbocycles. The topological polar surface area (TPSA) is 130 Å². The smallest absolute Gasteiger partial charge is 0.277 e. The lowest BCUT2D eigenvalue weighted by atomic mass is 10.2. The quantitative estimate of drug-likeness (QED) is 0.341. The number of rotatable bonds is 6. The summed E-state index contributed by atoms with van der Waals surface area (Å²) in [6.07, 6.45) is 0. The van der Waals surface area contributed by atoms with Crippen molar-refractivity contribution in [2.24, 2.45) is 0 Å². The van der Waals surface area contributed by atoms with Crippen molar-refractivity contribution in [3.05, 3.63) is 75.0 Å². The molecule has 0 aliphatic rings. The van der Waals surface area contributed by atoms with Gasteiger partial charge in [0.05, 0.1) is 5.75 Å². The third-order valence-electron chi connectivity index (χ3n) is 4.03. The van der Waals surface area contributed by atoms with Gasteiger partial charge in [-0.05, 0) is 42.8 Å². The summed E-state index contributed by atoms with van der Waals surface area (Å²) in [6.45, 7) is 1.89. The highest BCUT2D eigenvalue weighted by Crippen LogP contribution is 2.19. The van der Waals surface area contributed by atoms with Crippen LogP contribution in [-0.4, -0.2) is 27.5 Å². The lowest BCUT2D eigenvalue weighted by Gasteiger charge is -2.09. The number of aromatic amines is 1. The number of halogens is 1. The number of nitrogens with zero attached hydrogens (tertiary/aromatic N) is 1. The molecule has 1 aromatic heterocycles. The Kier molecular flexibility index (Phi) is 6.76. The Hall–Kier alpha value is -3.30. The highest BCUT2D eigenvalue weighted by molar-refractivity contribution is 7.99. The van der Waals surface area contributed by atoms with Gasteiger partial charge in [-0.25, -0.2) is 4.98 Å². The van der Waals surface area contributed by atoms with E-state index in [9.17, 15) is 14.4 Å². The number of nitrogens with two attached hydrogens (primary N) is 1. The summed E-state index contributed by atoms with van der Waals surface area (Å²) in [4.78, 5) is 43.3. The molecule has 5 N–H and O–H groups in total. The van der Waals surface area contributed by atoms with Crippen molar-refractivity contribution in [3.8, 4) is 0 Å². The first-order valence-corrected chi connectivity index (χ1v) is 10.1. The van der Waals surface area contributed by atoms with E-state index < -0.39 is 11.5 Å². The van der Waals surface area contributed by atoms with Gasteiger partial charge in [-0.15, -0.1) is 0 Å². The van der Waals surface area contributed by atoms with E-state index in [1.807, 2.05) is 25.1 Å². The number of nitrogens with one attached hydrogen (secondary N) is 3. The fraction of sp³-hybridized carbons (Fsp3) is 0.100. The molecule has 0 bridgehead atoms. The Bertz CT molecular complexity index is 1150. The minimum atomic E-state index is -0.619. The van der Waals surface area contributed by atoms with Crippen LogP contribution in [0.2, 0.25) is 5.02 Å². The second-order valence-corrected chi connectivity index (χ2v) is 7.64. The Balaban J connectivity index is 1.65. The van der Waals surface area contributed by atoms with Gasteiger partial charge in [-0.3, -0.25) is 19.4 Å². The zero-order chi connectivity index (χ0) is 21.7. The molecule has 30 heavy (non-hydrogen) atoms. The zero-order valence-electron chi connectivity index (χ0n) is 15.9. The van der Waals surface area contributed by atoms with Crippen molar-refractivity contribution >= 4 is 52.4 Å². The maximum atomic E-state index is 12.3. The summed E-state index contributed by atoms with van der Waals surface area (Å²) in [7, 11) is 0. The average Bonchev–Trinajstić information content (AvgIpc) is 2.71. The number of carbonyl (C=O) groups is 2. The number of amides is 2. The summed E-state index contributed by atoms with van der Waals surface area (Å²) in [5.41, 5.74) is 7.02. The van der Waals surface area contributed by atoms with Crippen molar-refractivity contribution in [2.45, 2.75) is 12.1 Å². The maximum absolute atomic E-state index is 12.3. The van der Waals surface area contributed by atoms with Crippen molar-refractivity contribution in [2.75, 3.05) is 22.1 Å². The molecule has 0 spiro atoms. The van der Waals surface area contributed by atoms with E-state index in [2.05, 4.69) is 20.6 Å². The zero-order valence-corrected chi connectivity index (χ0v) is 17.4. The number of aryl methyl sites for hydroxylation is 1. The van der Waals surface area contributed by atoms with Crippen LogP contribution in [0.25, 0.3) is 0 Å². The van der Waals surface area contributed by atoms with Crippen molar-refractivity contribution in [1.29, 1.82) is 0 Å². The predicted octanol–water partition coefficient (Wildman–Crippen LogP) is 3.30. The highest BCUT2D eigenvalue weighted by Gasteiger charge is 2.15. The van der Waals surface area contributed by atoms with Crippen LogP contribution in [0.5, 0.6) is 0 Å². The summed E-state index contributed by atoms with van der Waals surface area (Å²) < 4.78 is 0. The van der Waals surface area contributed by atoms with E-state index in [1.165, 1.54) is 12.1 Å². The Morgan fingerprint density at radius 2 is 1.83 bits per heavy atom. The van der Waals surface area contributed by atoms with Gasteiger partial charge in [-0.2, -0.15) is 0 Å². The molecule has 3 aromatic rings. The van der Waals surface area contributed by atoms with Crippen LogP contribution < -0.4 is 21.9 Å². The number of H-pyrrole nitrogens is 1. The van der Waals surface area contributed by atoms with Crippen LogP contribution in [-0.2, 0) is 4.79 Å². The third-order valence-corrected chi connectivity index (χ3v) is 5.16. The summed E-state index contributed by atoms with van der Waals surface area (Å²) in [6, 6.07) is 13.6. The second kappa shape index (κ2) is 9.47. The molecule has 8 nitrogen and oxygen atoms in total. The first-order chi connectivity index (χ1) is 14.3. The lowest BCUT2D eigenvalue weighted by Crippen LogP contribution is -2.23. The fourth-order valence-electron chi connectivity index (χ4n) is 2.48. The van der Waals surface area contributed by atoms with Gasteiger partial charge in [0, 0.05) is 16.3 Å². The number of para-hydroxylation sites is 1. The minimum Gasteiger partial charge on any atom is -0.382 e. The van der Waals surface area contributed by atoms with E-state index in [-0.39, 0.29) is 28.3 Å². The van der Waals surface area contributed by atoms with E-state index in [1.54, 1.807) is 18.2 Å². The number of hydrogen-bond donors (Lipinski definition) is 4. The molecule has 0 aliphatic heterocycles. The number of carbonyl (C=O) groups excluding carboxylic acids is 2. The Labute approximate surface area is 181 Å². The average molecular weight is 444 g/mol. The molecule has 0 aliphatic carbocycles. The Morgan fingerprint density at radius 3 is 2.50 bits per heavy atom. The molecule has 0 atom stereocenters. The largest absolute Gasteiger partial charge is 0.382 e. The molecule has 0 unspecified atom stereocenters. The molecule has 1 heterocycles. The second-order valence-electron chi connectivity index (χ2n) is 6.24. The number of hydrogen-bond acceptors (Lipinski definition) is 6. The van der Waals surface area contributed by atoms with Crippen molar-refractivity contribution in [3.63, 3.8) is 0 Å². The molecule has 2 amide bonds. The van der Waals surface area contributed by atoms with Gasteiger partial charge in [-0.1, -0.05) is 41.6 Å². The number of thioether (sulfide) groups is 1. The van der Waals surface area contributed by atoms with Crippen LogP contribution in [0.15, 0.2) is 58.5 Å². The van der Waals surface area contributed by atoms with Crippen LogP contribution in [0, 0.1) is 6.92 Å². The molecule has 154 valence electrons. The molecule has 0 fully saturated rings. The minimum absolute atomic E-state index is 0.0210. The van der Waals surface area contributed by atoms with Crippen molar-refractivity contribution in [1.82, 2.24) is 9.97 Å². The van der Waals surface area contributed by atoms with Crippen molar-refractivity contribution < 1.29 is 9.59 Å². The third kappa shape index (κ3) is 5.40. The van der Waals surface area contributed by atoms with Crippen LogP contribution >= 0.6 is 23.4 Å². The van der Waals surface area contributed by atoms with Crippen LogP contribution in [0.1, 0.15) is 15.9 Å². The van der Waals surface area contributed by atoms with E-state index in [0.717, 1.165) is 17.3 Å². The van der Waals surface area contributed by atoms with E-state index in [4.69, 9.17) is 17.3 Å². The standard InChI is InChI=1S/C20H18ClN5O3S/c1-11-4-2-3-5-14(11)23-15(27)10-30-20-25-17(22)16(19(29)26-20)24-18(28)12-6-8-13(21)9-7-12/h2-9H,10H2,1H3,(H,23,27)(H,24,28)(H3,22,25,26,29). The monoisotopic (exact) mass is 443 g/mol. The highest BCUT2D eigenvalue weighted by atomic mass is 35.5. The number of anilines is 3. The molecular weight excluding hydrogens is 426 g/mol. The van der Waals surface area contributed by atoms with Gasteiger partial charge in [0.1, 0.15) is 5.69 Å². The van der Waals surface area contributed by atoms with Gasteiger partial charge >= 0.3 is 0 Å². The van der Waals surface area contributed by atoms with Gasteiger partial charge in [0.25, 0.3) is 11.5 Å². The molecule has 0 radical (unpaired) electrons. The maximum Gasteiger partial charge on any atom is 0.277 e. The lowest BCUT2D eigenvalue weighted by molar-refractivity contribution is -0.113. The van der Waals surface area contributed by atoms with Gasteiger partial charge in [0.2, 0.25) is 5.91 Å². The molecular formula is C20H18ClN5O3S.